The molecule has 5 heteroatoms. The molecule has 0 N–H and O–H groups in total. The minimum absolute atomic E-state index is 0.150. The molecule has 0 aromatic carbocycles. The molecule has 126 valence electrons. The lowest BCUT2D eigenvalue weighted by molar-refractivity contribution is 0.00488. The van der Waals surface area contributed by atoms with Gasteiger partial charge in [0.25, 0.3) is 0 Å². The predicted octanol–water partition coefficient (Wildman–Crippen LogP) is 2.02. The molecule has 0 aromatic rings. The second-order valence-electron chi connectivity index (χ2n) is 8.06. The highest BCUT2D eigenvalue weighted by Gasteiger charge is 2.38. The standard InChI is InChI=1S/C17H31N3O2/c1-17(2,3)22-16(21)20-8-4-7-19(11-12-20)15-13-18-9-5-14(15)6-10-18/h14-15H,4-13H2,1-3H3/t15-/m1/s1. The minimum Gasteiger partial charge on any atom is -0.444 e. The van der Waals surface area contributed by atoms with E-state index >= 15 is 0 Å². The fourth-order valence-corrected chi connectivity index (χ4v) is 4.13. The van der Waals surface area contributed by atoms with Gasteiger partial charge >= 0.3 is 6.09 Å². The first-order chi connectivity index (χ1) is 10.4. The Balaban J connectivity index is 1.55. The minimum atomic E-state index is -0.404. The molecule has 0 saturated carbocycles. The van der Waals surface area contributed by atoms with Gasteiger partial charge in [-0.3, -0.25) is 4.90 Å². The van der Waals surface area contributed by atoms with Gasteiger partial charge in [0.15, 0.2) is 0 Å². The number of nitrogens with zero attached hydrogens (tertiary/aromatic N) is 3. The van der Waals surface area contributed by atoms with Crippen molar-refractivity contribution in [3.05, 3.63) is 0 Å². The molecule has 4 saturated heterocycles. The molecule has 22 heavy (non-hydrogen) atoms. The molecule has 1 amide bonds. The second kappa shape index (κ2) is 6.36. The zero-order chi connectivity index (χ0) is 15.7. The molecule has 0 spiro atoms. The van der Waals surface area contributed by atoms with E-state index in [1.807, 2.05) is 25.7 Å². The van der Waals surface area contributed by atoms with Crippen molar-refractivity contribution in [1.29, 1.82) is 0 Å². The Bertz CT molecular complexity index is 399. The van der Waals surface area contributed by atoms with E-state index in [1.54, 1.807) is 0 Å². The maximum Gasteiger partial charge on any atom is 0.410 e. The van der Waals surface area contributed by atoms with E-state index in [0.29, 0.717) is 6.04 Å². The number of ether oxygens (including phenoxy) is 1. The van der Waals surface area contributed by atoms with Crippen LogP contribution < -0.4 is 0 Å². The zero-order valence-electron chi connectivity index (χ0n) is 14.4. The van der Waals surface area contributed by atoms with Crippen LogP contribution in [0, 0.1) is 5.92 Å². The lowest BCUT2D eigenvalue weighted by Crippen LogP contribution is -2.57. The summed E-state index contributed by atoms with van der Waals surface area (Å²) in [7, 11) is 0. The fraction of sp³-hybridized carbons (Fsp3) is 0.941. The highest BCUT2D eigenvalue weighted by atomic mass is 16.6. The van der Waals surface area contributed by atoms with Gasteiger partial charge in [-0.15, -0.1) is 0 Å². The van der Waals surface area contributed by atoms with E-state index < -0.39 is 5.60 Å². The van der Waals surface area contributed by atoms with Gasteiger partial charge in [-0.25, -0.2) is 4.79 Å². The SMILES string of the molecule is CC(C)(C)OC(=O)N1CCCN([C@@H]2CN3CCC2CC3)CC1. The molecule has 4 fully saturated rings. The molecule has 4 heterocycles. The molecule has 0 unspecified atom stereocenters. The van der Waals surface area contributed by atoms with Crippen LogP contribution in [0.1, 0.15) is 40.0 Å². The summed E-state index contributed by atoms with van der Waals surface area (Å²) in [5, 5.41) is 0. The van der Waals surface area contributed by atoms with Gasteiger partial charge in [-0.05, 0) is 59.0 Å². The van der Waals surface area contributed by atoms with Crippen molar-refractivity contribution in [3.63, 3.8) is 0 Å². The van der Waals surface area contributed by atoms with Gasteiger partial charge < -0.3 is 14.5 Å². The largest absolute Gasteiger partial charge is 0.444 e. The highest BCUT2D eigenvalue weighted by Crippen LogP contribution is 2.31. The van der Waals surface area contributed by atoms with Crippen LogP contribution in [0.2, 0.25) is 0 Å². The van der Waals surface area contributed by atoms with E-state index in [2.05, 4.69) is 9.80 Å². The van der Waals surface area contributed by atoms with Gasteiger partial charge in [0.05, 0.1) is 0 Å². The summed E-state index contributed by atoms with van der Waals surface area (Å²) in [6, 6.07) is 0.709. The van der Waals surface area contributed by atoms with Gasteiger partial charge in [-0.2, -0.15) is 0 Å². The lowest BCUT2D eigenvalue weighted by Gasteiger charge is -2.49. The number of amides is 1. The van der Waals surface area contributed by atoms with Crippen LogP contribution in [-0.4, -0.2) is 78.2 Å². The number of rotatable bonds is 1. The molecular formula is C17H31N3O2. The molecule has 0 radical (unpaired) electrons. The average Bonchev–Trinajstić information content (AvgIpc) is 2.72. The summed E-state index contributed by atoms with van der Waals surface area (Å²) in [5.74, 6) is 0.873. The first-order valence-corrected chi connectivity index (χ1v) is 8.87. The van der Waals surface area contributed by atoms with Crippen molar-refractivity contribution < 1.29 is 9.53 Å². The Hall–Kier alpha value is -0.810. The number of piperidine rings is 3. The second-order valence-corrected chi connectivity index (χ2v) is 8.06. The summed E-state index contributed by atoms with van der Waals surface area (Å²) in [6.07, 6.45) is 3.62. The first-order valence-electron chi connectivity index (χ1n) is 8.87. The fourth-order valence-electron chi connectivity index (χ4n) is 4.13. The van der Waals surface area contributed by atoms with Crippen LogP contribution in [0.15, 0.2) is 0 Å². The molecule has 4 aliphatic rings. The Morgan fingerprint density at radius 2 is 1.73 bits per heavy atom. The molecule has 2 bridgehead atoms. The van der Waals surface area contributed by atoms with Gasteiger partial charge in [0.2, 0.25) is 0 Å². The first kappa shape index (κ1) is 16.1. The summed E-state index contributed by atoms with van der Waals surface area (Å²) < 4.78 is 5.52. The third kappa shape index (κ3) is 3.74. The molecule has 4 rings (SSSR count). The van der Waals surface area contributed by atoms with E-state index in [0.717, 1.165) is 38.5 Å². The Morgan fingerprint density at radius 1 is 1.00 bits per heavy atom. The van der Waals surface area contributed by atoms with Gasteiger partial charge in [0, 0.05) is 38.8 Å². The van der Waals surface area contributed by atoms with E-state index in [4.69, 9.17) is 4.74 Å². The van der Waals surface area contributed by atoms with Crippen molar-refractivity contribution in [1.82, 2.24) is 14.7 Å². The normalized spacial score (nSPS) is 33.6. The van der Waals surface area contributed by atoms with Crippen molar-refractivity contribution in [2.75, 3.05) is 45.8 Å². The van der Waals surface area contributed by atoms with Crippen LogP contribution >= 0.6 is 0 Å². The third-order valence-electron chi connectivity index (χ3n) is 5.27. The van der Waals surface area contributed by atoms with Crippen LogP contribution in [0.5, 0.6) is 0 Å². The molecule has 0 aliphatic carbocycles. The quantitative estimate of drug-likeness (QED) is 0.742. The molecule has 4 aliphatic heterocycles. The maximum atomic E-state index is 12.3. The monoisotopic (exact) mass is 309 g/mol. The highest BCUT2D eigenvalue weighted by molar-refractivity contribution is 5.68. The van der Waals surface area contributed by atoms with Crippen LogP contribution in [0.25, 0.3) is 0 Å². The summed E-state index contributed by atoms with van der Waals surface area (Å²) in [4.78, 5) is 19.4. The van der Waals surface area contributed by atoms with Crippen molar-refractivity contribution in [2.45, 2.75) is 51.7 Å². The van der Waals surface area contributed by atoms with Crippen LogP contribution in [0.3, 0.4) is 0 Å². The van der Waals surface area contributed by atoms with E-state index in [1.165, 1.54) is 32.5 Å². The Kier molecular flexibility index (Phi) is 4.64. The number of fused-ring (bicyclic) bond motifs is 3. The predicted molar refractivity (Wildman–Crippen MR) is 86.9 cm³/mol. The summed E-state index contributed by atoms with van der Waals surface area (Å²) in [6.45, 7) is 13.4. The molecular weight excluding hydrogens is 278 g/mol. The van der Waals surface area contributed by atoms with Crippen molar-refractivity contribution in [3.8, 4) is 0 Å². The summed E-state index contributed by atoms with van der Waals surface area (Å²) >= 11 is 0. The van der Waals surface area contributed by atoms with Crippen LogP contribution in [-0.2, 0) is 4.74 Å². The maximum absolute atomic E-state index is 12.3. The number of hydrogen-bond donors (Lipinski definition) is 0. The summed E-state index contributed by atoms with van der Waals surface area (Å²) in [5.41, 5.74) is -0.404. The molecule has 0 aromatic heterocycles. The van der Waals surface area contributed by atoms with Crippen molar-refractivity contribution >= 4 is 6.09 Å². The zero-order valence-corrected chi connectivity index (χ0v) is 14.4. The van der Waals surface area contributed by atoms with Gasteiger partial charge in [-0.1, -0.05) is 0 Å². The topological polar surface area (TPSA) is 36.0 Å². The molecule has 1 atom stereocenters. The van der Waals surface area contributed by atoms with Crippen molar-refractivity contribution in [2.24, 2.45) is 5.92 Å². The molecule has 5 nitrogen and oxygen atoms in total. The number of hydrogen-bond acceptors (Lipinski definition) is 4. The number of carbonyl (C=O) groups excluding carboxylic acids is 1. The van der Waals surface area contributed by atoms with E-state index in [9.17, 15) is 4.79 Å². The van der Waals surface area contributed by atoms with E-state index in [-0.39, 0.29) is 6.09 Å². The van der Waals surface area contributed by atoms with Gasteiger partial charge in [0.1, 0.15) is 5.60 Å². The van der Waals surface area contributed by atoms with Crippen LogP contribution in [0.4, 0.5) is 4.79 Å². The average molecular weight is 309 g/mol. The Morgan fingerprint density at radius 3 is 2.32 bits per heavy atom. The lowest BCUT2D eigenvalue weighted by atomic mass is 9.83. The third-order valence-corrected chi connectivity index (χ3v) is 5.27. The Labute approximate surface area is 134 Å². The number of carbonyl (C=O) groups is 1. The smallest absolute Gasteiger partial charge is 0.410 e.